The Hall–Kier alpha value is -2.58. The third kappa shape index (κ3) is 36.7. The molecule has 284 valence electrons. The van der Waals surface area contributed by atoms with Crippen LogP contribution >= 0.6 is 7.82 Å². The predicted molar refractivity (Wildman–Crippen MR) is 210 cm³/mol. The van der Waals surface area contributed by atoms with Crippen LogP contribution < -0.4 is 5.73 Å². The van der Waals surface area contributed by atoms with Gasteiger partial charge in [0.2, 0.25) is 0 Å². The van der Waals surface area contributed by atoms with Gasteiger partial charge in [0, 0.05) is 13.2 Å². The number of carbonyl (C=O) groups excluding carboxylic acids is 1. The van der Waals surface area contributed by atoms with Crippen molar-refractivity contribution in [2.75, 3.05) is 33.0 Å². The van der Waals surface area contributed by atoms with Crippen LogP contribution in [0.2, 0.25) is 0 Å². The molecule has 0 aromatic rings. The smallest absolute Gasteiger partial charge is 0.457 e. The van der Waals surface area contributed by atoms with Gasteiger partial charge in [0.15, 0.2) is 0 Å². The normalized spacial score (nSPS) is 14.7. The lowest BCUT2D eigenvalue weighted by Gasteiger charge is -2.19. The predicted octanol–water partition coefficient (Wildman–Crippen LogP) is 10.7. The van der Waals surface area contributed by atoms with Gasteiger partial charge in [0.25, 0.3) is 0 Å². The summed E-state index contributed by atoms with van der Waals surface area (Å²) in [6.07, 6.45) is 48.8. The van der Waals surface area contributed by atoms with Gasteiger partial charge in [0.1, 0.15) is 6.10 Å². The van der Waals surface area contributed by atoms with Crippen LogP contribution in [0.25, 0.3) is 0 Å². The minimum atomic E-state index is -4.31. The maximum absolute atomic E-state index is 12.5. The first kappa shape index (κ1) is 47.4. The molecule has 0 heterocycles. The minimum absolute atomic E-state index is 0.0608. The van der Waals surface area contributed by atoms with E-state index in [-0.39, 0.29) is 32.8 Å². The van der Waals surface area contributed by atoms with Crippen molar-refractivity contribution in [3.8, 4) is 0 Å². The van der Waals surface area contributed by atoms with Crippen LogP contribution in [0.5, 0.6) is 0 Å². The number of nitrogens with two attached hydrogens (primary N) is 1. The lowest BCUT2D eigenvalue weighted by atomic mass is 10.1. The molecular formula is C41H68NO7P. The summed E-state index contributed by atoms with van der Waals surface area (Å²) in [5.41, 5.74) is 5.34. The van der Waals surface area contributed by atoms with Gasteiger partial charge < -0.3 is 20.1 Å². The first-order chi connectivity index (χ1) is 24.4. The van der Waals surface area contributed by atoms with E-state index in [1.165, 1.54) is 19.3 Å². The highest BCUT2D eigenvalue weighted by Crippen LogP contribution is 2.43. The second kappa shape index (κ2) is 37.7. The molecule has 0 radical (unpaired) electrons. The molecule has 9 heteroatoms. The van der Waals surface area contributed by atoms with Crippen LogP contribution in [0.1, 0.15) is 117 Å². The maximum atomic E-state index is 12.5. The summed E-state index contributed by atoms with van der Waals surface area (Å²) < 4.78 is 33.1. The van der Waals surface area contributed by atoms with Crippen LogP contribution in [0.4, 0.5) is 0 Å². The maximum Gasteiger partial charge on any atom is 0.472 e. The standard InChI is InChI=1S/C41H68NO7P/c1-3-5-7-9-11-13-15-17-19-21-23-25-27-29-31-33-36-46-38-40(39-48-50(44,45)47-37-35-42)49-41(43)34-32-30-28-26-24-22-20-18-16-14-12-10-8-6-4-2/h5-8,11-14,17-20,24,26,30,32,40H,3-4,9-10,15-16,21-23,25,27-29,31,33-39,42H2,1-2H3,(H,44,45)/b7-5-,8-6-,13-11-,14-12-,19-17-,20-18-,26-24-,32-30-. The molecule has 8 nitrogen and oxygen atoms in total. The second-order valence-electron chi connectivity index (χ2n) is 11.7. The second-order valence-corrected chi connectivity index (χ2v) is 13.1. The van der Waals surface area contributed by atoms with E-state index < -0.39 is 19.9 Å². The average Bonchev–Trinajstić information content (AvgIpc) is 3.10. The van der Waals surface area contributed by atoms with Crippen molar-refractivity contribution in [2.45, 2.75) is 123 Å². The van der Waals surface area contributed by atoms with E-state index in [2.05, 4.69) is 98.9 Å². The average molecular weight is 718 g/mol. The van der Waals surface area contributed by atoms with E-state index in [9.17, 15) is 14.3 Å². The molecule has 2 unspecified atom stereocenters. The molecule has 0 aromatic carbocycles. The number of phosphoric ester groups is 1. The summed E-state index contributed by atoms with van der Waals surface area (Å²) in [6, 6.07) is 0. The van der Waals surface area contributed by atoms with Crippen LogP contribution in [0.15, 0.2) is 97.2 Å². The van der Waals surface area contributed by atoms with Crippen LogP contribution in [0, 0.1) is 0 Å². The molecule has 0 aliphatic heterocycles. The molecule has 0 saturated carbocycles. The van der Waals surface area contributed by atoms with Crippen LogP contribution in [-0.4, -0.2) is 49.9 Å². The van der Waals surface area contributed by atoms with Gasteiger partial charge in [-0.25, -0.2) is 4.57 Å². The fourth-order valence-electron chi connectivity index (χ4n) is 4.38. The molecule has 0 fully saturated rings. The Kier molecular flexibility index (Phi) is 35.7. The summed E-state index contributed by atoms with van der Waals surface area (Å²) >= 11 is 0. The number of unbranched alkanes of at least 4 members (excludes halogenated alkanes) is 6. The van der Waals surface area contributed by atoms with Crippen molar-refractivity contribution in [1.82, 2.24) is 0 Å². The van der Waals surface area contributed by atoms with Gasteiger partial charge in [0.05, 0.1) is 26.2 Å². The molecule has 0 rings (SSSR count). The minimum Gasteiger partial charge on any atom is -0.457 e. The van der Waals surface area contributed by atoms with Crippen molar-refractivity contribution in [1.29, 1.82) is 0 Å². The Labute approximate surface area is 304 Å². The summed E-state index contributed by atoms with van der Waals surface area (Å²) in [6.45, 7) is 4.48. The Morgan fingerprint density at radius 1 is 0.600 bits per heavy atom. The van der Waals surface area contributed by atoms with Crippen LogP contribution in [0.3, 0.4) is 0 Å². The van der Waals surface area contributed by atoms with E-state index in [4.69, 9.17) is 24.3 Å². The molecule has 2 atom stereocenters. The van der Waals surface area contributed by atoms with Gasteiger partial charge in [-0.1, -0.05) is 137 Å². The summed E-state index contributed by atoms with van der Waals surface area (Å²) in [4.78, 5) is 22.3. The van der Waals surface area contributed by atoms with Crippen molar-refractivity contribution < 1.29 is 32.8 Å². The van der Waals surface area contributed by atoms with E-state index >= 15 is 0 Å². The molecule has 0 amide bonds. The number of esters is 1. The molecule has 0 aliphatic rings. The van der Waals surface area contributed by atoms with Crippen molar-refractivity contribution in [2.24, 2.45) is 5.73 Å². The molecule has 3 N–H and O–H groups in total. The summed E-state index contributed by atoms with van der Waals surface area (Å²) in [7, 11) is -4.31. The van der Waals surface area contributed by atoms with E-state index in [0.29, 0.717) is 13.0 Å². The number of hydrogen-bond acceptors (Lipinski definition) is 7. The number of carbonyl (C=O) groups is 1. The fraction of sp³-hybridized carbons (Fsp3) is 0.585. The number of ether oxygens (including phenoxy) is 2. The highest BCUT2D eigenvalue weighted by molar-refractivity contribution is 7.47. The number of rotatable bonds is 34. The zero-order valence-corrected chi connectivity index (χ0v) is 32.0. The Balaban J connectivity index is 4.29. The lowest BCUT2D eigenvalue weighted by molar-refractivity contribution is -0.153. The number of phosphoric acid groups is 1. The molecular weight excluding hydrogens is 649 g/mol. The van der Waals surface area contributed by atoms with Gasteiger partial charge >= 0.3 is 13.8 Å². The third-order valence-corrected chi connectivity index (χ3v) is 8.01. The Morgan fingerprint density at radius 3 is 1.58 bits per heavy atom. The van der Waals surface area contributed by atoms with Gasteiger partial charge in [-0.05, 0) is 70.6 Å². The number of hydrogen-bond donors (Lipinski definition) is 2. The van der Waals surface area contributed by atoms with Crippen molar-refractivity contribution >= 4 is 13.8 Å². The topological polar surface area (TPSA) is 117 Å². The molecule has 0 saturated heterocycles. The highest BCUT2D eigenvalue weighted by atomic mass is 31.2. The first-order valence-corrected chi connectivity index (χ1v) is 20.2. The quantitative estimate of drug-likeness (QED) is 0.0292. The van der Waals surface area contributed by atoms with Crippen LogP contribution in [-0.2, 0) is 27.9 Å². The molecule has 50 heavy (non-hydrogen) atoms. The lowest BCUT2D eigenvalue weighted by Crippen LogP contribution is -2.28. The zero-order valence-electron chi connectivity index (χ0n) is 31.1. The van der Waals surface area contributed by atoms with E-state index in [1.54, 1.807) is 6.08 Å². The van der Waals surface area contributed by atoms with Gasteiger partial charge in [-0.15, -0.1) is 0 Å². The Morgan fingerprint density at radius 2 is 1.06 bits per heavy atom. The highest BCUT2D eigenvalue weighted by Gasteiger charge is 2.25. The van der Waals surface area contributed by atoms with Gasteiger partial charge in [-0.2, -0.15) is 0 Å². The third-order valence-electron chi connectivity index (χ3n) is 7.03. The zero-order chi connectivity index (χ0) is 36.6. The number of allylic oxidation sites excluding steroid dienone is 15. The first-order valence-electron chi connectivity index (χ1n) is 18.7. The van der Waals surface area contributed by atoms with Gasteiger partial charge in [-0.3, -0.25) is 13.8 Å². The monoisotopic (exact) mass is 717 g/mol. The summed E-state index contributed by atoms with van der Waals surface area (Å²) in [5, 5.41) is 0. The molecule has 0 aliphatic carbocycles. The fourth-order valence-corrected chi connectivity index (χ4v) is 5.14. The molecule has 0 bridgehead atoms. The SMILES string of the molecule is CC/C=C\C/C=C\C/C=C\C/C=C\C/C=C\CC(=O)OC(COCCCCCCCC/C=C\C/C=C\C/C=C\CC)COP(=O)(O)OCCN. The largest absolute Gasteiger partial charge is 0.472 e. The van der Waals surface area contributed by atoms with Crippen molar-refractivity contribution in [3.05, 3.63) is 97.2 Å². The molecule has 0 aromatic heterocycles. The van der Waals surface area contributed by atoms with E-state index in [1.807, 2.05) is 6.08 Å². The molecule has 0 spiro atoms. The summed E-state index contributed by atoms with van der Waals surface area (Å²) in [5.74, 6) is -0.467. The Bertz CT molecular complexity index is 1070. The van der Waals surface area contributed by atoms with Crippen molar-refractivity contribution in [3.63, 3.8) is 0 Å². The van der Waals surface area contributed by atoms with E-state index in [0.717, 1.165) is 70.6 Å².